The first kappa shape index (κ1) is 51.1. The zero-order chi connectivity index (χ0) is 38.9. The van der Waals surface area contributed by atoms with Crippen LogP contribution < -0.4 is 0 Å². The maximum Gasteiger partial charge on any atom is 0.0126 e. The van der Waals surface area contributed by atoms with E-state index in [1.807, 2.05) is 0 Å². The van der Waals surface area contributed by atoms with Gasteiger partial charge in [-0.1, -0.05) is 145 Å². The number of rotatable bonds is 0. The van der Waals surface area contributed by atoms with Crippen molar-refractivity contribution in [3.8, 4) is 0 Å². The fourth-order valence-corrected chi connectivity index (χ4v) is 7.92. The van der Waals surface area contributed by atoms with Crippen molar-refractivity contribution < 1.29 is 0 Å². The Hall–Kier alpha value is -0.900. The van der Waals surface area contributed by atoms with Crippen LogP contribution in [0.4, 0.5) is 0 Å². The molecule has 0 aromatic heterocycles. The predicted molar refractivity (Wildman–Crippen MR) is 238 cm³/mol. The molecule has 0 atom stereocenters. The van der Waals surface area contributed by atoms with Gasteiger partial charge in [0.1, 0.15) is 0 Å². The molecule has 2 heterocycles. The van der Waals surface area contributed by atoms with E-state index in [-0.39, 0.29) is 7.43 Å². The van der Waals surface area contributed by atoms with Crippen LogP contribution in [-0.4, -0.2) is 72.1 Å². The Bertz CT molecular complexity index is 902. The van der Waals surface area contributed by atoms with Crippen molar-refractivity contribution in [2.24, 2.45) is 22.7 Å². The van der Waals surface area contributed by atoms with Crippen LogP contribution >= 0.6 is 0 Å². The number of hydrogen-bond donors (Lipinski definition) is 0. The highest BCUT2D eigenvalue weighted by Gasteiger charge is 2.27. The number of likely N-dealkylation sites (tertiary alicyclic amines) is 1. The van der Waals surface area contributed by atoms with Gasteiger partial charge in [-0.25, -0.2) is 0 Å². The van der Waals surface area contributed by atoms with Crippen molar-refractivity contribution in [3.05, 3.63) is 35.9 Å². The standard InChI is InChI=1S/2C10H20.C10H14.C9H20N2.C9H19N.CH4/c3*1-10(2,3)9-7-5-4-6-8-9;1-9(2,3)11-7-5-10(4)6-8-11;1-9(2,3)10-7-5-4-6-8-10;/h2*9H,4-8H2,1-3H3;4-8H,1-3H3;5-8H2,1-4H3;4-8H2,1-3H3;1H4. The highest BCUT2D eigenvalue weighted by molar-refractivity contribution is 5.22. The summed E-state index contributed by atoms with van der Waals surface area (Å²) < 4.78 is 0. The van der Waals surface area contributed by atoms with Gasteiger partial charge in [-0.2, -0.15) is 0 Å². The molecule has 3 heteroatoms. The highest BCUT2D eigenvalue weighted by Crippen LogP contribution is 2.38. The lowest BCUT2D eigenvalue weighted by atomic mass is 9.72. The molecule has 0 amide bonds. The Morgan fingerprint density at radius 3 is 1.00 bits per heavy atom. The van der Waals surface area contributed by atoms with Gasteiger partial charge in [0.05, 0.1) is 0 Å². The molecule has 308 valence electrons. The zero-order valence-electron chi connectivity index (χ0n) is 37.8. The van der Waals surface area contributed by atoms with Gasteiger partial charge in [0.2, 0.25) is 0 Å². The van der Waals surface area contributed by atoms with E-state index in [9.17, 15) is 0 Å². The summed E-state index contributed by atoms with van der Waals surface area (Å²) in [4.78, 5) is 7.52. The molecule has 52 heavy (non-hydrogen) atoms. The Morgan fingerprint density at radius 1 is 0.423 bits per heavy atom. The van der Waals surface area contributed by atoms with Crippen molar-refractivity contribution in [2.45, 2.75) is 211 Å². The van der Waals surface area contributed by atoms with Gasteiger partial charge in [0.15, 0.2) is 0 Å². The first-order chi connectivity index (χ1) is 23.4. The van der Waals surface area contributed by atoms with Crippen LogP contribution in [0.1, 0.15) is 200 Å². The molecule has 5 rings (SSSR count). The lowest BCUT2D eigenvalue weighted by Crippen LogP contribution is -2.52. The fourth-order valence-electron chi connectivity index (χ4n) is 7.92. The maximum absolute atomic E-state index is 2.58. The molecular formula is C49H97N3. The van der Waals surface area contributed by atoms with E-state index < -0.39 is 0 Å². The Balaban J connectivity index is 0.000000623. The third-order valence-corrected chi connectivity index (χ3v) is 12.1. The van der Waals surface area contributed by atoms with Crippen molar-refractivity contribution >= 4 is 0 Å². The Labute approximate surface area is 329 Å². The van der Waals surface area contributed by atoms with Gasteiger partial charge in [0, 0.05) is 37.3 Å². The van der Waals surface area contributed by atoms with Crippen LogP contribution in [0.15, 0.2) is 30.3 Å². The molecule has 0 radical (unpaired) electrons. The van der Waals surface area contributed by atoms with Crippen molar-refractivity contribution in [2.75, 3.05) is 46.3 Å². The minimum atomic E-state index is 0. The monoisotopic (exact) mass is 728 g/mol. The third-order valence-electron chi connectivity index (χ3n) is 12.1. The number of nitrogens with zero attached hydrogens (tertiary/aromatic N) is 3. The van der Waals surface area contributed by atoms with Crippen LogP contribution in [0.5, 0.6) is 0 Å². The fraction of sp³-hybridized carbons (Fsp3) is 0.878. The molecule has 2 saturated heterocycles. The molecule has 1 aromatic rings. The van der Waals surface area contributed by atoms with Crippen molar-refractivity contribution in [1.29, 1.82) is 0 Å². The van der Waals surface area contributed by atoms with Crippen molar-refractivity contribution in [3.63, 3.8) is 0 Å². The number of benzene rings is 1. The third kappa shape index (κ3) is 22.5. The largest absolute Gasteiger partial charge is 0.304 e. The first-order valence-corrected chi connectivity index (χ1v) is 21.7. The molecule has 2 aliphatic carbocycles. The Kier molecular flexibility index (Phi) is 23.5. The van der Waals surface area contributed by atoms with E-state index in [1.165, 1.54) is 128 Å². The minimum absolute atomic E-state index is 0. The number of piperidine rings is 1. The molecule has 2 saturated carbocycles. The van der Waals surface area contributed by atoms with E-state index in [2.05, 4.69) is 156 Å². The van der Waals surface area contributed by atoms with Crippen LogP contribution in [-0.2, 0) is 5.41 Å². The second-order valence-electron chi connectivity index (χ2n) is 21.7. The van der Waals surface area contributed by atoms with Gasteiger partial charge in [-0.15, -0.1) is 0 Å². The van der Waals surface area contributed by atoms with Gasteiger partial charge < -0.3 is 4.90 Å². The quantitative estimate of drug-likeness (QED) is 0.263. The summed E-state index contributed by atoms with van der Waals surface area (Å²) >= 11 is 0. The normalized spacial score (nSPS) is 20.6. The van der Waals surface area contributed by atoms with Gasteiger partial charge >= 0.3 is 0 Å². The smallest absolute Gasteiger partial charge is 0.0126 e. The highest BCUT2D eigenvalue weighted by atomic mass is 15.3. The maximum atomic E-state index is 2.58. The summed E-state index contributed by atoms with van der Waals surface area (Å²) in [5, 5.41) is 0. The minimum Gasteiger partial charge on any atom is -0.304 e. The molecule has 0 bridgehead atoms. The topological polar surface area (TPSA) is 9.72 Å². The molecule has 0 unspecified atom stereocenters. The predicted octanol–water partition coefficient (Wildman–Crippen LogP) is 14.1. The van der Waals surface area contributed by atoms with Crippen LogP contribution in [0.2, 0.25) is 0 Å². The lowest BCUT2D eigenvalue weighted by molar-refractivity contribution is 0.0735. The molecule has 2 aliphatic heterocycles. The second kappa shape index (κ2) is 23.9. The van der Waals surface area contributed by atoms with Gasteiger partial charge in [-0.05, 0) is 134 Å². The number of piperazine rings is 1. The average Bonchev–Trinajstić information content (AvgIpc) is 3.06. The summed E-state index contributed by atoms with van der Waals surface area (Å²) in [7, 11) is 2.19. The van der Waals surface area contributed by atoms with E-state index in [4.69, 9.17) is 0 Å². The van der Waals surface area contributed by atoms with E-state index >= 15 is 0 Å². The van der Waals surface area contributed by atoms with E-state index in [0.717, 1.165) is 11.8 Å². The molecule has 4 fully saturated rings. The molecule has 0 spiro atoms. The number of hydrogen-bond acceptors (Lipinski definition) is 3. The van der Waals surface area contributed by atoms with Crippen molar-refractivity contribution in [1.82, 2.24) is 14.7 Å². The lowest BCUT2D eigenvalue weighted by Gasteiger charge is -2.41. The summed E-state index contributed by atoms with van der Waals surface area (Å²) in [6.07, 6.45) is 19.0. The van der Waals surface area contributed by atoms with Gasteiger partial charge in [0.25, 0.3) is 0 Å². The molecular weight excluding hydrogens is 631 g/mol. The second-order valence-corrected chi connectivity index (χ2v) is 21.7. The Morgan fingerprint density at radius 2 is 0.750 bits per heavy atom. The zero-order valence-corrected chi connectivity index (χ0v) is 37.8. The summed E-state index contributed by atoms with van der Waals surface area (Å²) in [5.74, 6) is 2.00. The molecule has 0 N–H and O–H groups in total. The summed E-state index contributed by atoms with van der Waals surface area (Å²) in [6.45, 7) is 42.2. The van der Waals surface area contributed by atoms with Crippen LogP contribution in [0, 0.1) is 22.7 Å². The SMILES string of the molecule is C.CC(C)(C)C1CCCCC1.CC(C)(C)C1CCCCC1.CC(C)(C)N1CCCCC1.CC(C)(C)c1ccccc1.CN1CCN(C(C)(C)C)CC1. The van der Waals surface area contributed by atoms with Crippen LogP contribution in [0.25, 0.3) is 0 Å². The molecule has 4 aliphatic rings. The van der Waals surface area contributed by atoms with Gasteiger partial charge in [-0.3, -0.25) is 9.80 Å². The summed E-state index contributed by atoms with van der Waals surface area (Å²) in [5.41, 5.74) is 3.60. The van der Waals surface area contributed by atoms with Crippen LogP contribution in [0.3, 0.4) is 0 Å². The summed E-state index contributed by atoms with van der Waals surface area (Å²) in [6, 6.07) is 10.6. The number of likely N-dealkylation sites (N-methyl/N-ethyl adjacent to an activating group) is 1. The molecule has 1 aromatic carbocycles. The van der Waals surface area contributed by atoms with E-state index in [1.54, 1.807) is 0 Å². The molecule has 3 nitrogen and oxygen atoms in total. The average molecular weight is 728 g/mol. The first-order valence-electron chi connectivity index (χ1n) is 21.7. The van der Waals surface area contributed by atoms with E-state index in [0.29, 0.717) is 27.3 Å².